The lowest BCUT2D eigenvalue weighted by Gasteiger charge is -2.21. The zero-order chi connectivity index (χ0) is 34.5. The Morgan fingerprint density at radius 3 is 2.20 bits per heavy atom. The maximum absolute atomic E-state index is 13.7. The summed E-state index contributed by atoms with van der Waals surface area (Å²) in [6, 6.07) is 11.7. The van der Waals surface area contributed by atoms with Crippen LogP contribution in [0, 0.1) is 13.8 Å². The molecule has 0 amide bonds. The molecule has 3 aromatic heterocycles. The topological polar surface area (TPSA) is 119 Å². The van der Waals surface area contributed by atoms with Crippen LogP contribution in [0.25, 0.3) is 21.7 Å². The van der Waals surface area contributed by atoms with Gasteiger partial charge in [0.25, 0.3) is 0 Å². The maximum atomic E-state index is 13.7. The molecule has 0 saturated carbocycles. The molecule has 0 radical (unpaired) electrons. The van der Waals surface area contributed by atoms with Crippen LogP contribution in [0.3, 0.4) is 0 Å². The van der Waals surface area contributed by atoms with Crippen LogP contribution in [0.5, 0.6) is 0 Å². The highest BCUT2D eigenvalue weighted by atomic mass is 32.2. The van der Waals surface area contributed by atoms with Gasteiger partial charge in [0.15, 0.2) is 0 Å². The molecule has 8 nitrogen and oxygen atoms in total. The minimum absolute atomic E-state index is 0.0276. The summed E-state index contributed by atoms with van der Waals surface area (Å²) in [7, 11) is -8.04. The first-order chi connectivity index (χ1) is 23.5. The van der Waals surface area contributed by atoms with Gasteiger partial charge in [0.1, 0.15) is 10.0 Å². The van der Waals surface area contributed by atoms with E-state index < -0.39 is 19.7 Å². The quantitative estimate of drug-likeness (QED) is 0.176. The first kappa shape index (κ1) is 33.2. The van der Waals surface area contributed by atoms with Crippen molar-refractivity contribution in [1.29, 1.82) is 0 Å². The van der Waals surface area contributed by atoms with Crippen LogP contribution in [-0.4, -0.2) is 38.5 Å². The minimum Gasteiger partial charge on any atom is -0.273 e. The van der Waals surface area contributed by atoms with Crippen LogP contribution in [0.1, 0.15) is 63.0 Å². The van der Waals surface area contributed by atoms with E-state index in [2.05, 4.69) is 30.5 Å². The predicted molar refractivity (Wildman–Crippen MR) is 200 cm³/mol. The third kappa shape index (κ3) is 5.96. The number of aromatic nitrogens is 3. The predicted octanol–water partition coefficient (Wildman–Crippen LogP) is 8.28. The number of nitrogens with zero attached hydrogens (tertiary/aromatic N) is 4. The van der Waals surface area contributed by atoms with Crippen LogP contribution < -0.4 is 0 Å². The first-order valence-electron chi connectivity index (χ1n) is 15.6. The number of thiazole rings is 2. The highest BCUT2D eigenvalue weighted by Gasteiger charge is 2.39. The second-order valence-electron chi connectivity index (χ2n) is 11.9. The van der Waals surface area contributed by atoms with E-state index in [0.29, 0.717) is 16.8 Å². The highest BCUT2D eigenvalue weighted by molar-refractivity contribution is 8.03. The van der Waals surface area contributed by atoms with E-state index in [1.165, 1.54) is 6.08 Å². The lowest BCUT2D eigenvalue weighted by Crippen LogP contribution is -2.12. The number of sulfone groups is 2. The van der Waals surface area contributed by atoms with Gasteiger partial charge < -0.3 is 0 Å². The molecule has 4 aromatic rings. The molecule has 0 bridgehead atoms. The second kappa shape index (κ2) is 12.8. The van der Waals surface area contributed by atoms with Gasteiger partial charge in [0, 0.05) is 62.6 Å². The molecule has 1 unspecified atom stereocenters. The summed E-state index contributed by atoms with van der Waals surface area (Å²) >= 11 is 3.16. The fourth-order valence-electron chi connectivity index (χ4n) is 6.52. The van der Waals surface area contributed by atoms with Gasteiger partial charge in [0.2, 0.25) is 19.7 Å². The molecule has 49 heavy (non-hydrogen) atoms. The summed E-state index contributed by atoms with van der Waals surface area (Å²) in [6.45, 7) is 9.76. The normalized spacial score (nSPS) is 20.1. The SMILES string of the molecule is C=N/C=C\C(CC)c1nc(/C2=C(\c3nc(-c4ccncc4)sc3C)CC3=C(C4=C(C=CS4(=O)=O)Cc4ccccc42)S(=O)(=O)C=C3)c(C)s1. The van der Waals surface area contributed by atoms with Gasteiger partial charge in [0.05, 0.1) is 21.2 Å². The first-order valence-corrected chi connectivity index (χ1v) is 20.4. The second-order valence-corrected chi connectivity index (χ2v) is 17.9. The zero-order valence-corrected chi connectivity index (χ0v) is 30.3. The lowest BCUT2D eigenvalue weighted by atomic mass is 9.85. The van der Waals surface area contributed by atoms with Crippen LogP contribution in [0.4, 0.5) is 0 Å². The molecule has 5 heterocycles. The summed E-state index contributed by atoms with van der Waals surface area (Å²) in [4.78, 5) is 20.2. The largest absolute Gasteiger partial charge is 0.273 e. The van der Waals surface area contributed by atoms with E-state index in [1.807, 2.05) is 49.4 Å². The van der Waals surface area contributed by atoms with Crippen molar-refractivity contribution in [3.63, 3.8) is 0 Å². The molecule has 1 aliphatic carbocycles. The van der Waals surface area contributed by atoms with Gasteiger partial charge in [-0.05, 0) is 85.5 Å². The number of benzene rings is 1. The van der Waals surface area contributed by atoms with Crippen molar-refractivity contribution in [1.82, 2.24) is 15.0 Å². The Morgan fingerprint density at radius 2 is 1.53 bits per heavy atom. The van der Waals surface area contributed by atoms with Gasteiger partial charge >= 0.3 is 0 Å². The molecule has 1 aromatic carbocycles. The van der Waals surface area contributed by atoms with E-state index in [0.717, 1.165) is 70.5 Å². The molecule has 3 aliphatic rings. The van der Waals surface area contributed by atoms with Crippen molar-refractivity contribution in [2.75, 3.05) is 0 Å². The summed E-state index contributed by atoms with van der Waals surface area (Å²) < 4.78 is 54.5. The van der Waals surface area contributed by atoms with Gasteiger partial charge in [-0.15, -0.1) is 22.7 Å². The number of allylic oxidation sites excluding steroid dienone is 6. The number of pyridine rings is 1. The number of hydrogen-bond donors (Lipinski definition) is 0. The van der Waals surface area contributed by atoms with E-state index >= 15 is 0 Å². The molecular formula is C37H32N4O4S4. The van der Waals surface area contributed by atoms with E-state index in [1.54, 1.807) is 47.3 Å². The molecule has 0 fully saturated rings. The lowest BCUT2D eigenvalue weighted by molar-refractivity contribution is 0.605. The standard InChI is InChI=1S/C37H32N4O4S4/c1-5-24(10-15-38-4)36-41-33(23(3)47-36)31-29-9-7-6-8-26(29)20-27-13-18-48(42,43)34(27)35-28(14-19-49(35,44)45)21-30(31)32-22(2)46-37(40-32)25-11-16-39-17-12-25/h6-19,24H,4-5,20-21H2,1-3H3/b15-10-,31-30-. The van der Waals surface area contributed by atoms with Crippen molar-refractivity contribution in [2.24, 2.45) is 4.99 Å². The summed E-state index contributed by atoms with van der Waals surface area (Å²) in [5, 5.41) is 3.96. The summed E-state index contributed by atoms with van der Waals surface area (Å²) in [6.07, 6.45) is 11.4. The Morgan fingerprint density at radius 1 is 0.878 bits per heavy atom. The van der Waals surface area contributed by atoms with E-state index in [9.17, 15) is 16.8 Å². The van der Waals surface area contributed by atoms with Gasteiger partial charge in [-0.25, -0.2) is 26.8 Å². The van der Waals surface area contributed by atoms with Crippen molar-refractivity contribution in [3.8, 4) is 10.6 Å². The van der Waals surface area contributed by atoms with Gasteiger partial charge in [-0.2, -0.15) is 0 Å². The third-order valence-corrected chi connectivity index (χ3v) is 14.1. The summed E-state index contributed by atoms with van der Waals surface area (Å²) in [5.41, 5.74) is 6.65. The Bertz CT molecular complexity index is 2440. The average molecular weight is 725 g/mol. The molecule has 0 saturated heterocycles. The fraction of sp³-hybridized carbons (Fsp3) is 0.189. The number of fused-ring (bicyclic) bond motifs is 2. The van der Waals surface area contributed by atoms with E-state index in [-0.39, 0.29) is 28.6 Å². The van der Waals surface area contributed by atoms with Gasteiger partial charge in [-0.1, -0.05) is 37.3 Å². The minimum atomic E-state index is -4.04. The van der Waals surface area contributed by atoms with E-state index in [4.69, 9.17) is 9.97 Å². The highest BCUT2D eigenvalue weighted by Crippen LogP contribution is 2.48. The number of hydrogen-bond acceptors (Lipinski definition) is 10. The molecule has 2 aliphatic heterocycles. The van der Waals surface area contributed by atoms with Crippen LogP contribution >= 0.6 is 22.7 Å². The zero-order valence-electron chi connectivity index (χ0n) is 27.0. The Hall–Kier alpha value is -4.36. The third-order valence-electron chi connectivity index (χ3n) is 8.83. The molecule has 1 atom stereocenters. The van der Waals surface area contributed by atoms with Crippen molar-refractivity contribution in [3.05, 3.63) is 142 Å². The monoisotopic (exact) mass is 724 g/mol. The van der Waals surface area contributed by atoms with Crippen LogP contribution in [-0.2, 0) is 26.1 Å². The summed E-state index contributed by atoms with van der Waals surface area (Å²) in [5.74, 6) is 0.0276. The van der Waals surface area contributed by atoms with Crippen LogP contribution in [0.2, 0.25) is 0 Å². The Kier molecular flexibility index (Phi) is 8.68. The molecule has 7 rings (SSSR count). The molecule has 0 spiro atoms. The van der Waals surface area contributed by atoms with Gasteiger partial charge in [-0.3, -0.25) is 9.98 Å². The average Bonchev–Trinajstić information content (AvgIpc) is 3.81. The Balaban J connectivity index is 1.59. The Labute approximate surface area is 294 Å². The van der Waals surface area contributed by atoms with Crippen LogP contribution in [0.15, 0.2) is 110 Å². The molecule has 0 N–H and O–H groups in total. The fourth-order valence-corrected chi connectivity index (χ4v) is 12.0. The number of rotatable bonds is 7. The number of aliphatic imine (C=N–C) groups is 1. The van der Waals surface area contributed by atoms with Crippen molar-refractivity contribution >= 4 is 60.2 Å². The van der Waals surface area contributed by atoms with Crippen molar-refractivity contribution < 1.29 is 16.8 Å². The smallest absolute Gasteiger partial charge is 0.201 e. The van der Waals surface area contributed by atoms with Crippen molar-refractivity contribution in [2.45, 2.75) is 46.0 Å². The number of aryl methyl sites for hydroxylation is 2. The maximum Gasteiger partial charge on any atom is 0.201 e. The molecule has 248 valence electrons. The molecular weight excluding hydrogens is 693 g/mol. The molecule has 12 heteroatoms.